The minimum Gasteiger partial charge on any atom is -0.319 e. The minimum absolute atomic E-state index is 0.112. The van der Waals surface area contributed by atoms with E-state index in [1.165, 1.54) is 18.5 Å². The smallest absolute Gasteiger partial charge is 0.275 e. The van der Waals surface area contributed by atoms with Crippen LogP contribution in [0, 0.1) is 0 Å². The van der Waals surface area contributed by atoms with Gasteiger partial charge >= 0.3 is 0 Å². The number of nitrogens with zero attached hydrogens (tertiary/aromatic N) is 2. The van der Waals surface area contributed by atoms with E-state index in [-0.39, 0.29) is 11.5 Å². The second-order valence-electron chi connectivity index (χ2n) is 3.51. The molecule has 0 saturated heterocycles. The van der Waals surface area contributed by atoms with Gasteiger partial charge < -0.3 is 10.7 Å². The summed E-state index contributed by atoms with van der Waals surface area (Å²) in [6, 6.07) is 4.75. The number of carbonyl (C=O) groups excluding carboxylic acids is 1. The third-order valence-electron chi connectivity index (χ3n) is 2.19. The summed E-state index contributed by atoms with van der Waals surface area (Å²) in [5.74, 6) is 5.03. The molecule has 8 heteroatoms. The number of carbonyl (C=O) groups is 1. The van der Waals surface area contributed by atoms with Crippen LogP contribution in [-0.2, 0) is 0 Å². The number of nitrogens with two attached hydrogens (primary N) is 1. The predicted molar refractivity (Wildman–Crippen MR) is 74.3 cm³/mol. The number of anilines is 2. The number of hydrazine groups is 1. The third-order valence-corrected chi connectivity index (χ3v) is 2.74. The molecule has 0 aliphatic rings. The van der Waals surface area contributed by atoms with E-state index in [0.29, 0.717) is 15.7 Å². The van der Waals surface area contributed by atoms with Crippen LogP contribution in [0.4, 0.5) is 11.5 Å². The number of benzene rings is 1. The van der Waals surface area contributed by atoms with E-state index in [2.05, 4.69) is 20.7 Å². The maximum atomic E-state index is 11.9. The van der Waals surface area contributed by atoms with E-state index in [1.54, 1.807) is 12.1 Å². The number of aromatic nitrogens is 2. The molecule has 0 aliphatic heterocycles. The fraction of sp³-hybridized carbons (Fsp3) is 0. The minimum atomic E-state index is -0.450. The molecule has 0 atom stereocenters. The molecule has 0 unspecified atom stereocenters. The predicted octanol–water partition coefficient (Wildman–Crippen LogP) is 2.32. The number of hydrogen-bond donors (Lipinski definition) is 3. The molecular formula is C11H9Cl2N5O. The van der Waals surface area contributed by atoms with Gasteiger partial charge in [-0.1, -0.05) is 23.2 Å². The fourth-order valence-electron chi connectivity index (χ4n) is 1.32. The molecule has 1 aromatic carbocycles. The van der Waals surface area contributed by atoms with Gasteiger partial charge in [0, 0.05) is 5.02 Å². The van der Waals surface area contributed by atoms with Crippen molar-refractivity contribution in [2.75, 3.05) is 10.7 Å². The Morgan fingerprint density at radius 1 is 1.26 bits per heavy atom. The van der Waals surface area contributed by atoms with Gasteiger partial charge in [0.25, 0.3) is 5.91 Å². The van der Waals surface area contributed by atoms with Gasteiger partial charge in [-0.3, -0.25) is 9.78 Å². The molecule has 1 amide bonds. The third kappa shape index (κ3) is 3.31. The summed E-state index contributed by atoms with van der Waals surface area (Å²) >= 11 is 11.7. The highest BCUT2D eigenvalue weighted by Gasteiger charge is 2.11. The highest BCUT2D eigenvalue weighted by molar-refractivity contribution is 6.36. The number of amides is 1. The monoisotopic (exact) mass is 297 g/mol. The fourth-order valence-corrected chi connectivity index (χ4v) is 1.78. The van der Waals surface area contributed by atoms with Gasteiger partial charge in [0.2, 0.25) is 0 Å². The summed E-state index contributed by atoms with van der Waals surface area (Å²) in [5, 5.41) is 3.42. The van der Waals surface area contributed by atoms with E-state index in [0.717, 1.165) is 0 Å². The molecule has 0 saturated carbocycles. The lowest BCUT2D eigenvalue weighted by Gasteiger charge is -2.07. The molecule has 2 aromatic rings. The number of nitrogen functional groups attached to an aromatic ring is 1. The zero-order valence-electron chi connectivity index (χ0n) is 9.52. The molecule has 0 bridgehead atoms. The van der Waals surface area contributed by atoms with Crippen molar-refractivity contribution >= 4 is 40.6 Å². The van der Waals surface area contributed by atoms with Crippen LogP contribution in [-0.4, -0.2) is 15.9 Å². The van der Waals surface area contributed by atoms with Crippen LogP contribution in [0.5, 0.6) is 0 Å². The van der Waals surface area contributed by atoms with Gasteiger partial charge in [0.15, 0.2) is 5.82 Å². The Hall–Kier alpha value is -1.89. The Labute approximate surface area is 118 Å². The lowest BCUT2D eigenvalue weighted by molar-refractivity contribution is 0.102. The SMILES string of the molecule is NNc1cncc(C(=O)Nc2ccc(Cl)cc2Cl)n1. The Morgan fingerprint density at radius 3 is 2.74 bits per heavy atom. The molecule has 1 aromatic heterocycles. The van der Waals surface area contributed by atoms with Crippen molar-refractivity contribution in [3.63, 3.8) is 0 Å². The molecule has 6 nitrogen and oxygen atoms in total. The lowest BCUT2D eigenvalue weighted by Crippen LogP contribution is -2.16. The zero-order chi connectivity index (χ0) is 13.8. The second-order valence-corrected chi connectivity index (χ2v) is 4.36. The first-order valence-corrected chi connectivity index (χ1v) is 5.91. The Balaban J connectivity index is 2.20. The maximum absolute atomic E-state index is 11.9. The summed E-state index contributed by atoms with van der Waals surface area (Å²) in [4.78, 5) is 19.7. The van der Waals surface area contributed by atoms with Gasteiger partial charge in [-0.25, -0.2) is 10.8 Å². The van der Waals surface area contributed by atoms with Crippen molar-refractivity contribution < 1.29 is 4.79 Å². The van der Waals surface area contributed by atoms with Crippen molar-refractivity contribution in [3.8, 4) is 0 Å². The second kappa shape index (κ2) is 5.83. The molecule has 19 heavy (non-hydrogen) atoms. The first kappa shape index (κ1) is 13.5. The average Bonchev–Trinajstić information content (AvgIpc) is 2.42. The van der Waals surface area contributed by atoms with Crippen molar-refractivity contribution in [1.29, 1.82) is 0 Å². The number of rotatable bonds is 3. The topological polar surface area (TPSA) is 92.9 Å². The molecule has 0 spiro atoms. The van der Waals surface area contributed by atoms with E-state index < -0.39 is 5.91 Å². The van der Waals surface area contributed by atoms with Crippen LogP contribution in [0.3, 0.4) is 0 Å². The maximum Gasteiger partial charge on any atom is 0.275 e. The van der Waals surface area contributed by atoms with Crippen molar-refractivity contribution in [2.24, 2.45) is 5.84 Å². The van der Waals surface area contributed by atoms with E-state index in [4.69, 9.17) is 29.0 Å². The first-order valence-electron chi connectivity index (χ1n) is 5.15. The molecular weight excluding hydrogens is 289 g/mol. The van der Waals surface area contributed by atoms with Gasteiger partial charge in [-0.2, -0.15) is 0 Å². The molecule has 98 valence electrons. The zero-order valence-corrected chi connectivity index (χ0v) is 11.0. The first-order chi connectivity index (χ1) is 9.10. The van der Waals surface area contributed by atoms with Gasteiger partial charge in [0.1, 0.15) is 5.69 Å². The number of nitrogens with one attached hydrogen (secondary N) is 2. The largest absolute Gasteiger partial charge is 0.319 e. The van der Waals surface area contributed by atoms with Crippen molar-refractivity contribution in [1.82, 2.24) is 9.97 Å². The number of halogens is 2. The normalized spacial score (nSPS) is 10.1. The summed E-state index contributed by atoms with van der Waals surface area (Å²) in [5.41, 5.74) is 2.85. The average molecular weight is 298 g/mol. The van der Waals surface area contributed by atoms with Gasteiger partial charge in [0.05, 0.1) is 23.1 Å². The van der Waals surface area contributed by atoms with Crippen LogP contribution >= 0.6 is 23.2 Å². The standard InChI is InChI=1S/C11H9Cl2N5O/c12-6-1-2-8(7(13)3-6)17-11(19)9-4-15-5-10(16-9)18-14/h1-5H,14H2,(H,16,18)(H,17,19). The Bertz CT molecular complexity index is 620. The molecule has 0 fully saturated rings. The van der Waals surface area contributed by atoms with Gasteiger partial charge in [-0.05, 0) is 18.2 Å². The van der Waals surface area contributed by atoms with Crippen LogP contribution < -0.4 is 16.6 Å². The van der Waals surface area contributed by atoms with E-state index in [9.17, 15) is 4.79 Å². The molecule has 1 heterocycles. The molecule has 0 aliphatic carbocycles. The van der Waals surface area contributed by atoms with Crippen LogP contribution in [0.2, 0.25) is 10.0 Å². The van der Waals surface area contributed by atoms with Crippen LogP contribution in [0.15, 0.2) is 30.6 Å². The lowest BCUT2D eigenvalue weighted by atomic mass is 10.3. The van der Waals surface area contributed by atoms with Crippen LogP contribution in [0.1, 0.15) is 10.5 Å². The summed E-state index contributed by atoms with van der Waals surface area (Å²) < 4.78 is 0. The van der Waals surface area contributed by atoms with Crippen molar-refractivity contribution in [2.45, 2.75) is 0 Å². The van der Waals surface area contributed by atoms with E-state index in [1.807, 2.05) is 0 Å². The highest BCUT2D eigenvalue weighted by atomic mass is 35.5. The number of hydrogen-bond acceptors (Lipinski definition) is 5. The summed E-state index contributed by atoms with van der Waals surface area (Å²) in [7, 11) is 0. The van der Waals surface area contributed by atoms with E-state index >= 15 is 0 Å². The summed E-state index contributed by atoms with van der Waals surface area (Å²) in [6.45, 7) is 0. The quantitative estimate of drug-likeness (QED) is 0.597. The Morgan fingerprint density at radius 2 is 2.05 bits per heavy atom. The Kier molecular flexibility index (Phi) is 4.16. The van der Waals surface area contributed by atoms with Crippen LogP contribution in [0.25, 0.3) is 0 Å². The summed E-state index contributed by atoms with van der Waals surface area (Å²) in [6.07, 6.45) is 2.71. The van der Waals surface area contributed by atoms with Gasteiger partial charge in [-0.15, -0.1) is 0 Å². The molecule has 4 N–H and O–H groups in total. The molecule has 2 rings (SSSR count). The van der Waals surface area contributed by atoms with Crippen molar-refractivity contribution in [3.05, 3.63) is 46.3 Å². The molecule has 0 radical (unpaired) electrons. The highest BCUT2D eigenvalue weighted by Crippen LogP contribution is 2.25.